The van der Waals surface area contributed by atoms with Crippen molar-refractivity contribution in [2.75, 3.05) is 4.90 Å². The third-order valence-corrected chi connectivity index (χ3v) is 14.4. The molecule has 0 bridgehead atoms. The quantitative estimate of drug-likeness (QED) is 0.147. The Morgan fingerprint density at radius 2 is 0.923 bits per heavy atom. The van der Waals surface area contributed by atoms with Gasteiger partial charge in [0.25, 0.3) is 0 Å². The maximum Gasteiger partial charge on any atom is 0.0722 e. The van der Waals surface area contributed by atoms with E-state index in [0.717, 1.165) is 36.3 Å². The fourth-order valence-electron chi connectivity index (χ4n) is 11.4. The zero-order valence-corrected chi connectivity index (χ0v) is 36.9. The lowest BCUT2D eigenvalue weighted by atomic mass is 9.69. The molecule has 0 aliphatic heterocycles. The van der Waals surface area contributed by atoms with E-state index in [1.165, 1.54) is 100 Å². The van der Waals surface area contributed by atoms with Crippen LogP contribution in [-0.4, -0.2) is 0 Å². The Kier molecular flexibility index (Phi) is 9.46. The number of anilines is 3. The Bertz CT molecular complexity index is 3280. The highest BCUT2D eigenvalue weighted by atomic mass is 15.1. The molecule has 3 aliphatic carbocycles. The Hall–Kier alpha value is -7.74. The number of hydrogen-bond acceptors (Lipinski definition) is 1. The number of benzene rings is 9. The first-order chi connectivity index (χ1) is 32.1. The van der Waals surface area contributed by atoms with Crippen molar-refractivity contribution in [1.82, 2.24) is 0 Å². The van der Waals surface area contributed by atoms with Crippen LogP contribution in [0, 0.1) is 6.92 Å². The summed E-state index contributed by atoms with van der Waals surface area (Å²) in [5.74, 6) is 0. The van der Waals surface area contributed by atoms with Gasteiger partial charge in [-0.1, -0.05) is 189 Å². The van der Waals surface area contributed by atoms with E-state index in [2.05, 4.69) is 243 Å². The molecule has 310 valence electrons. The van der Waals surface area contributed by atoms with Gasteiger partial charge in [0.05, 0.1) is 5.41 Å². The number of fused-ring (bicyclic) bond motifs is 9. The summed E-state index contributed by atoms with van der Waals surface area (Å²) in [7, 11) is 0. The average molecular weight is 832 g/mol. The first-order valence-corrected chi connectivity index (χ1v) is 23.2. The highest BCUT2D eigenvalue weighted by Gasteiger charge is 2.52. The van der Waals surface area contributed by atoms with Gasteiger partial charge in [-0.15, -0.1) is 0 Å². The second-order valence-corrected chi connectivity index (χ2v) is 17.8. The molecule has 65 heavy (non-hydrogen) atoms. The molecule has 0 atom stereocenters. The van der Waals surface area contributed by atoms with Crippen LogP contribution >= 0.6 is 0 Å². The zero-order chi connectivity index (χ0) is 43.5. The molecule has 9 aromatic carbocycles. The second kappa shape index (κ2) is 15.8. The van der Waals surface area contributed by atoms with Crippen molar-refractivity contribution in [2.45, 2.75) is 38.5 Å². The lowest BCUT2D eigenvalue weighted by Crippen LogP contribution is -2.27. The standard InChI is InChI=1S/C64H49N/c1-3-44-16-7-8-19-55(44)54-24-15-23-53(43(54)2)48-32-39-52(40-33-48)65(50-35-28-46(29-36-50)45-17-5-4-6-18-45)51-37-30-47(31-38-51)49-34-41-59-58-22-11-14-27-62(58)64(63(59)42-49)60-25-12-9-20-56(60)57-21-10-13-26-61(57)64/h4-10,12-21,23-42H,3,11,22H2,1-2H3. The molecule has 1 heteroatoms. The van der Waals surface area contributed by atoms with Gasteiger partial charge in [-0.05, 0) is 169 Å². The summed E-state index contributed by atoms with van der Waals surface area (Å²) in [6.45, 7) is 4.50. The number of nitrogens with zero attached hydrogens (tertiary/aromatic N) is 1. The van der Waals surface area contributed by atoms with Crippen LogP contribution < -0.4 is 4.90 Å². The van der Waals surface area contributed by atoms with Crippen LogP contribution in [-0.2, 0) is 11.8 Å². The van der Waals surface area contributed by atoms with Gasteiger partial charge in [-0.2, -0.15) is 0 Å². The molecule has 0 amide bonds. The maximum atomic E-state index is 2.51. The van der Waals surface area contributed by atoms with E-state index in [0.29, 0.717) is 0 Å². The molecular formula is C64H49N. The van der Waals surface area contributed by atoms with Gasteiger partial charge in [-0.25, -0.2) is 0 Å². The van der Waals surface area contributed by atoms with Crippen molar-refractivity contribution in [2.24, 2.45) is 0 Å². The predicted molar refractivity (Wildman–Crippen MR) is 274 cm³/mol. The van der Waals surface area contributed by atoms with Crippen LogP contribution in [0.4, 0.5) is 17.1 Å². The fraction of sp³-hybridized carbons (Fsp3) is 0.0938. The highest BCUT2D eigenvalue weighted by molar-refractivity contribution is 5.97. The van der Waals surface area contributed by atoms with Crippen molar-refractivity contribution in [3.05, 3.63) is 263 Å². The summed E-state index contributed by atoms with van der Waals surface area (Å²) in [5, 5.41) is 0. The van der Waals surface area contributed by atoms with Crippen LogP contribution in [0.15, 0.2) is 230 Å². The molecule has 1 nitrogen and oxygen atoms in total. The minimum absolute atomic E-state index is 0.320. The molecule has 12 rings (SSSR count). The van der Waals surface area contributed by atoms with Crippen LogP contribution in [0.25, 0.3) is 61.2 Å². The van der Waals surface area contributed by atoms with Crippen LogP contribution in [0.5, 0.6) is 0 Å². The third kappa shape index (κ3) is 6.21. The Labute approximate surface area is 383 Å². The molecule has 0 fully saturated rings. The van der Waals surface area contributed by atoms with Crippen LogP contribution in [0.3, 0.4) is 0 Å². The van der Waals surface area contributed by atoms with Crippen LogP contribution in [0.2, 0.25) is 0 Å². The van der Waals surface area contributed by atoms with E-state index >= 15 is 0 Å². The zero-order valence-electron chi connectivity index (χ0n) is 36.9. The van der Waals surface area contributed by atoms with Gasteiger partial charge >= 0.3 is 0 Å². The molecule has 1 spiro atoms. The van der Waals surface area contributed by atoms with Gasteiger partial charge < -0.3 is 4.90 Å². The summed E-state index contributed by atoms with van der Waals surface area (Å²) in [6, 6.07) is 79.0. The molecule has 9 aromatic rings. The molecule has 0 aromatic heterocycles. The second-order valence-electron chi connectivity index (χ2n) is 17.8. The Morgan fingerprint density at radius 1 is 0.415 bits per heavy atom. The minimum atomic E-state index is -0.320. The molecule has 0 saturated carbocycles. The first kappa shape index (κ1) is 38.9. The SMILES string of the molecule is CCc1ccccc1-c1cccc(-c2ccc(N(c3ccc(-c4ccccc4)cc3)c3ccc(-c4ccc5c(c4)C4(C6=C5CCC=C6)c5ccccc5-c5ccccc54)cc3)cc2)c1C. The third-order valence-electron chi connectivity index (χ3n) is 14.4. The smallest absolute Gasteiger partial charge is 0.0722 e. The topological polar surface area (TPSA) is 3.24 Å². The van der Waals surface area contributed by atoms with Gasteiger partial charge in [0.15, 0.2) is 0 Å². The summed E-state index contributed by atoms with van der Waals surface area (Å²) in [6.07, 6.45) is 7.98. The van der Waals surface area contributed by atoms with E-state index in [9.17, 15) is 0 Å². The normalized spacial score (nSPS) is 13.9. The van der Waals surface area contributed by atoms with Crippen LogP contribution in [0.1, 0.15) is 53.1 Å². The average Bonchev–Trinajstić information content (AvgIpc) is 3.85. The van der Waals surface area contributed by atoms with Gasteiger partial charge in [0.1, 0.15) is 0 Å². The van der Waals surface area contributed by atoms with Crippen molar-refractivity contribution < 1.29 is 0 Å². The Morgan fingerprint density at radius 3 is 1.57 bits per heavy atom. The largest absolute Gasteiger partial charge is 0.311 e. The molecule has 0 N–H and O–H groups in total. The molecule has 0 saturated heterocycles. The molecule has 3 aliphatic rings. The lowest BCUT2D eigenvalue weighted by Gasteiger charge is -2.32. The van der Waals surface area contributed by atoms with E-state index in [4.69, 9.17) is 0 Å². The van der Waals surface area contributed by atoms with Crippen molar-refractivity contribution in [1.29, 1.82) is 0 Å². The van der Waals surface area contributed by atoms with E-state index in [1.54, 1.807) is 0 Å². The molecule has 0 radical (unpaired) electrons. The monoisotopic (exact) mass is 831 g/mol. The maximum absolute atomic E-state index is 2.51. The summed E-state index contributed by atoms with van der Waals surface area (Å²) in [4.78, 5) is 2.39. The first-order valence-electron chi connectivity index (χ1n) is 23.2. The number of allylic oxidation sites excluding steroid dienone is 4. The number of aryl methyl sites for hydroxylation is 1. The van der Waals surface area contributed by atoms with E-state index < -0.39 is 0 Å². The lowest BCUT2D eigenvalue weighted by molar-refractivity contribution is 0.781. The van der Waals surface area contributed by atoms with Gasteiger partial charge in [0.2, 0.25) is 0 Å². The summed E-state index contributed by atoms with van der Waals surface area (Å²) < 4.78 is 0. The number of hydrogen-bond donors (Lipinski definition) is 0. The minimum Gasteiger partial charge on any atom is -0.311 e. The molecular weight excluding hydrogens is 783 g/mol. The van der Waals surface area contributed by atoms with E-state index in [1.807, 2.05) is 0 Å². The van der Waals surface area contributed by atoms with Crippen molar-refractivity contribution in [3.8, 4) is 55.6 Å². The van der Waals surface area contributed by atoms with Gasteiger partial charge in [0, 0.05) is 17.1 Å². The molecule has 0 unspecified atom stereocenters. The van der Waals surface area contributed by atoms with Gasteiger partial charge in [-0.3, -0.25) is 0 Å². The Balaban J connectivity index is 0.934. The van der Waals surface area contributed by atoms with Crippen molar-refractivity contribution >= 4 is 22.6 Å². The van der Waals surface area contributed by atoms with E-state index in [-0.39, 0.29) is 5.41 Å². The molecule has 0 heterocycles. The fourth-order valence-corrected chi connectivity index (χ4v) is 11.4. The summed E-state index contributed by atoms with van der Waals surface area (Å²) >= 11 is 0. The van der Waals surface area contributed by atoms with Crippen molar-refractivity contribution in [3.63, 3.8) is 0 Å². The number of rotatable bonds is 8. The summed E-state index contributed by atoms with van der Waals surface area (Å²) in [5.41, 5.74) is 26.9. The predicted octanol–water partition coefficient (Wildman–Crippen LogP) is 17.1. The highest BCUT2D eigenvalue weighted by Crippen LogP contribution is 2.63.